The number of aryl methyl sites for hydroxylation is 1. The number of anilines is 1. The van der Waals surface area contributed by atoms with E-state index in [0.29, 0.717) is 18.5 Å². The predicted octanol–water partition coefficient (Wildman–Crippen LogP) is 1.88. The molecule has 0 saturated heterocycles. The van der Waals surface area contributed by atoms with Crippen molar-refractivity contribution in [2.24, 2.45) is 16.3 Å². The molecule has 4 N–H and O–H groups in total. The Labute approximate surface area is 112 Å². The molecule has 0 spiro atoms. The third-order valence-electron chi connectivity index (χ3n) is 3.37. The van der Waals surface area contributed by atoms with Gasteiger partial charge in [-0.05, 0) is 31.4 Å². The van der Waals surface area contributed by atoms with Gasteiger partial charge in [-0.15, -0.1) is 0 Å². The van der Waals surface area contributed by atoms with Crippen LogP contribution >= 0.6 is 0 Å². The summed E-state index contributed by atoms with van der Waals surface area (Å²) < 4.78 is 0. The van der Waals surface area contributed by atoms with Gasteiger partial charge in [0.15, 0.2) is 5.84 Å². The molecule has 0 radical (unpaired) electrons. The standard InChI is InChI=1S/C13H20N4O2/c1-4-13(5-2,11(14)17-19)12(18)16-10-6-9(3)7-15-8-10/h6-8,19H,4-5H2,1-3H3,(H2,14,17)(H,16,18). The summed E-state index contributed by atoms with van der Waals surface area (Å²) >= 11 is 0. The highest BCUT2D eigenvalue weighted by molar-refractivity contribution is 6.11. The molecule has 0 aliphatic rings. The highest BCUT2D eigenvalue weighted by atomic mass is 16.4. The molecule has 1 heterocycles. The summed E-state index contributed by atoms with van der Waals surface area (Å²) in [5.74, 6) is -0.365. The number of hydrogen-bond donors (Lipinski definition) is 3. The van der Waals surface area contributed by atoms with Crippen LogP contribution in [0.4, 0.5) is 5.69 Å². The Morgan fingerprint density at radius 2 is 2.11 bits per heavy atom. The zero-order valence-electron chi connectivity index (χ0n) is 11.5. The zero-order valence-corrected chi connectivity index (χ0v) is 11.5. The quantitative estimate of drug-likeness (QED) is 0.327. The van der Waals surface area contributed by atoms with Gasteiger partial charge in [0.2, 0.25) is 5.91 Å². The van der Waals surface area contributed by atoms with E-state index in [1.165, 1.54) is 0 Å². The lowest BCUT2D eigenvalue weighted by Gasteiger charge is -2.28. The minimum Gasteiger partial charge on any atom is -0.409 e. The summed E-state index contributed by atoms with van der Waals surface area (Å²) in [6.07, 6.45) is 4.16. The SMILES string of the molecule is CCC(CC)(C(=O)Nc1cncc(C)c1)/C(N)=N/O. The van der Waals surface area contributed by atoms with Gasteiger partial charge >= 0.3 is 0 Å². The smallest absolute Gasteiger partial charge is 0.238 e. The van der Waals surface area contributed by atoms with Gasteiger partial charge in [-0.2, -0.15) is 0 Å². The van der Waals surface area contributed by atoms with Crippen molar-refractivity contribution < 1.29 is 10.0 Å². The molecular weight excluding hydrogens is 244 g/mol. The first kappa shape index (κ1) is 14.9. The Morgan fingerprint density at radius 3 is 2.58 bits per heavy atom. The highest BCUT2D eigenvalue weighted by Gasteiger charge is 2.39. The van der Waals surface area contributed by atoms with Crippen LogP contribution in [0.1, 0.15) is 32.3 Å². The lowest BCUT2D eigenvalue weighted by Crippen LogP contribution is -2.46. The van der Waals surface area contributed by atoms with Crippen LogP contribution in [0.25, 0.3) is 0 Å². The molecule has 6 heteroatoms. The first-order valence-electron chi connectivity index (χ1n) is 6.21. The van der Waals surface area contributed by atoms with Gasteiger partial charge in [0.1, 0.15) is 5.41 Å². The number of nitrogens with two attached hydrogens (primary N) is 1. The normalized spacial score (nSPS) is 12.3. The Hall–Kier alpha value is -2.11. The number of rotatable bonds is 5. The van der Waals surface area contributed by atoms with Crippen LogP contribution in [0.5, 0.6) is 0 Å². The van der Waals surface area contributed by atoms with Gasteiger partial charge in [0, 0.05) is 6.20 Å². The molecule has 1 aromatic rings. The average Bonchev–Trinajstić information content (AvgIpc) is 2.40. The molecule has 0 aliphatic heterocycles. The molecule has 0 aliphatic carbocycles. The topological polar surface area (TPSA) is 101 Å². The minimum atomic E-state index is -1.00. The van der Waals surface area contributed by atoms with Crippen molar-refractivity contribution in [3.63, 3.8) is 0 Å². The Morgan fingerprint density at radius 1 is 1.47 bits per heavy atom. The predicted molar refractivity (Wildman–Crippen MR) is 74.0 cm³/mol. The van der Waals surface area contributed by atoms with E-state index < -0.39 is 5.41 Å². The van der Waals surface area contributed by atoms with Gasteiger partial charge in [0.05, 0.1) is 11.9 Å². The van der Waals surface area contributed by atoms with E-state index in [2.05, 4.69) is 15.5 Å². The Kier molecular flexibility index (Phi) is 4.86. The van der Waals surface area contributed by atoms with E-state index in [4.69, 9.17) is 10.9 Å². The molecule has 1 rings (SSSR count). The van der Waals surface area contributed by atoms with Gasteiger partial charge in [-0.1, -0.05) is 19.0 Å². The lowest BCUT2D eigenvalue weighted by molar-refractivity contribution is -0.122. The molecule has 104 valence electrons. The van der Waals surface area contributed by atoms with E-state index >= 15 is 0 Å². The number of pyridine rings is 1. The number of carbonyl (C=O) groups excluding carboxylic acids is 1. The molecule has 0 unspecified atom stereocenters. The second kappa shape index (κ2) is 6.17. The number of oxime groups is 1. The van der Waals surface area contributed by atoms with Crippen molar-refractivity contribution in [2.75, 3.05) is 5.32 Å². The van der Waals surface area contributed by atoms with E-state index in [0.717, 1.165) is 5.56 Å². The summed E-state index contributed by atoms with van der Waals surface area (Å²) in [7, 11) is 0. The van der Waals surface area contributed by atoms with Crippen LogP contribution in [0.3, 0.4) is 0 Å². The summed E-state index contributed by atoms with van der Waals surface area (Å²) in [6, 6.07) is 1.81. The van der Waals surface area contributed by atoms with Crippen molar-refractivity contribution in [1.82, 2.24) is 4.98 Å². The maximum atomic E-state index is 12.4. The number of hydrogen-bond acceptors (Lipinski definition) is 4. The maximum absolute atomic E-state index is 12.4. The summed E-state index contributed by atoms with van der Waals surface area (Å²) in [6.45, 7) is 5.55. The van der Waals surface area contributed by atoms with Crippen molar-refractivity contribution in [2.45, 2.75) is 33.6 Å². The van der Waals surface area contributed by atoms with E-state index in [1.807, 2.05) is 26.8 Å². The van der Waals surface area contributed by atoms with Crippen LogP contribution < -0.4 is 11.1 Å². The molecule has 0 saturated carbocycles. The third-order valence-corrected chi connectivity index (χ3v) is 3.37. The molecule has 1 amide bonds. The number of amidine groups is 1. The second-order valence-electron chi connectivity index (χ2n) is 4.48. The van der Waals surface area contributed by atoms with Crippen LogP contribution in [-0.2, 0) is 4.79 Å². The summed E-state index contributed by atoms with van der Waals surface area (Å²) in [5, 5.41) is 14.6. The van der Waals surface area contributed by atoms with Gasteiger partial charge < -0.3 is 16.3 Å². The van der Waals surface area contributed by atoms with Crippen molar-refractivity contribution in [1.29, 1.82) is 0 Å². The highest BCUT2D eigenvalue weighted by Crippen LogP contribution is 2.28. The number of nitrogens with zero attached hydrogens (tertiary/aromatic N) is 2. The first-order valence-corrected chi connectivity index (χ1v) is 6.21. The average molecular weight is 264 g/mol. The molecule has 0 bridgehead atoms. The van der Waals surface area contributed by atoms with Crippen LogP contribution in [0.15, 0.2) is 23.6 Å². The lowest BCUT2D eigenvalue weighted by atomic mass is 9.80. The fourth-order valence-electron chi connectivity index (χ4n) is 2.02. The maximum Gasteiger partial charge on any atom is 0.238 e. The molecule has 6 nitrogen and oxygen atoms in total. The van der Waals surface area contributed by atoms with E-state index in [1.54, 1.807) is 12.4 Å². The largest absolute Gasteiger partial charge is 0.409 e. The van der Waals surface area contributed by atoms with Gasteiger partial charge in [-0.25, -0.2) is 0 Å². The van der Waals surface area contributed by atoms with Crippen LogP contribution in [0, 0.1) is 12.3 Å². The first-order chi connectivity index (χ1) is 9.00. The fourth-order valence-corrected chi connectivity index (χ4v) is 2.02. The summed E-state index contributed by atoms with van der Waals surface area (Å²) in [4.78, 5) is 16.4. The van der Waals surface area contributed by atoms with Gasteiger partial charge in [0.25, 0.3) is 0 Å². The number of nitrogens with one attached hydrogen (secondary N) is 1. The van der Waals surface area contributed by atoms with Crippen LogP contribution in [0.2, 0.25) is 0 Å². The molecule has 0 atom stereocenters. The van der Waals surface area contributed by atoms with Crippen molar-refractivity contribution in [3.8, 4) is 0 Å². The molecular formula is C13H20N4O2. The molecule has 0 aromatic carbocycles. The number of carbonyl (C=O) groups is 1. The number of aromatic nitrogens is 1. The Bertz CT molecular complexity index is 481. The minimum absolute atomic E-state index is 0.0735. The molecule has 1 aromatic heterocycles. The van der Waals surface area contributed by atoms with E-state index in [9.17, 15) is 4.79 Å². The van der Waals surface area contributed by atoms with Crippen molar-refractivity contribution >= 4 is 17.4 Å². The third kappa shape index (κ3) is 3.01. The monoisotopic (exact) mass is 264 g/mol. The zero-order chi connectivity index (χ0) is 14.5. The van der Waals surface area contributed by atoms with Crippen LogP contribution in [-0.4, -0.2) is 21.9 Å². The Balaban J connectivity index is 3.02. The molecule has 0 fully saturated rings. The van der Waals surface area contributed by atoms with Gasteiger partial charge in [-0.3, -0.25) is 9.78 Å². The summed E-state index contributed by atoms with van der Waals surface area (Å²) in [5.41, 5.74) is 6.22. The van der Waals surface area contributed by atoms with E-state index in [-0.39, 0.29) is 11.7 Å². The fraction of sp³-hybridized carbons (Fsp3) is 0.462. The second-order valence-corrected chi connectivity index (χ2v) is 4.48. The van der Waals surface area contributed by atoms with Crippen molar-refractivity contribution in [3.05, 3.63) is 24.0 Å². The molecule has 19 heavy (non-hydrogen) atoms. The number of amides is 1.